The van der Waals surface area contributed by atoms with E-state index in [1.807, 2.05) is 24.5 Å². The van der Waals surface area contributed by atoms with Gasteiger partial charge in [-0.2, -0.15) is 0 Å². The van der Waals surface area contributed by atoms with Crippen molar-refractivity contribution in [1.82, 2.24) is 9.97 Å². The normalized spacial score (nSPS) is 12.2. The first-order valence-corrected chi connectivity index (χ1v) is 16.5. The molecule has 11 rings (SSSR count). The smallest absolute Gasteiger partial charge is 0.0714 e. The van der Waals surface area contributed by atoms with E-state index in [0.29, 0.717) is 0 Å². The highest BCUT2D eigenvalue weighted by molar-refractivity contribution is 6.29. The molecule has 2 aromatic heterocycles. The van der Waals surface area contributed by atoms with Crippen LogP contribution < -0.4 is 0 Å². The van der Waals surface area contributed by atoms with Crippen LogP contribution in [0.5, 0.6) is 0 Å². The third-order valence-corrected chi connectivity index (χ3v) is 10.5. The Morgan fingerprint density at radius 3 is 1.21 bits per heavy atom. The van der Waals surface area contributed by atoms with Crippen molar-refractivity contribution in [3.63, 3.8) is 0 Å². The second-order valence-electron chi connectivity index (χ2n) is 12.8. The fourth-order valence-corrected chi connectivity index (χ4v) is 8.63. The number of aromatic nitrogens is 2. The zero-order chi connectivity index (χ0) is 31.3. The van der Waals surface area contributed by atoms with Crippen LogP contribution in [0.25, 0.3) is 110 Å². The Morgan fingerprint density at radius 2 is 0.646 bits per heavy atom. The van der Waals surface area contributed by atoms with Gasteiger partial charge in [-0.25, -0.2) is 0 Å². The van der Waals surface area contributed by atoms with Crippen LogP contribution in [0.3, 0.4) is 0 Å². The number of pyridine rings is 2. The van der Waals surface area contributed by atoms with E-state index in [4.69, 9.17) is 9.97 Å². The Balaban J connectivity index is 1.26. The highest BCUT2D eigenvalue weighted by Gasteiger charge is 2.32. The van der Waals surface area contributed by atoms with Gasteiger partial charge < -0.3 is 0 Å². The number of nitrogens with zero attached hydrogens (tertiary/aromatic N) is 2. The van der Waals surface area contributed by atoms with Crippen molar-refractivity contribution in [2.75, 3.05) is 0 Å². The van der Waals surface area contributed by atoms with Gasteiger partial charge in [-0.15, -0.1) is 0 Å². The fourth-order valence-electron chi connectivity index (χ4n) is 8.63. The van der Waals surface area contributed by atoms with Gasteiger partial charge >= 0.3 is 0 Å². The molecule has 2 heterocycles. The zero-order valence-electron chi connectivity index (χ0n) is 25.9. The molecule has 7 aromatic carbocycles. The Labute approximate surface area is 277 Å². The van der Waals surface area contributed by atoms with Gasteiger partial charge in [0.05, 0.1) is 11.4 Å². The van der Waals surface area contributed by atoms with E-state index in [9.17, 15) is 0 Å². The van der Waals surface area contributed by atoms with Gasteiger partial charge in [0.1, 0.15) is 0 Å². The highest BCUT2D eigenvalue weighted by Crippen LogP contribution is 2.58. The number of rotatable bonds is 3. The summed E-state index contributed by atoms with van der Waals surface area (Å²) < 4.78 is 0. The van der Waals surface area contributed by atoms with Crippen molar-refractivity contribution >= 4 is 32.3 Å². The first-order chi connectivity index (χ1) is 23.9. The van der Waals surface area contributed by atoms with Gasteiger partial charge in [0.2, 0.25) is 0 Å². The summed E-state index contributed by atoms with van der Waals surface area (Å²) >= 11 is 0. The zero-order valence-corrected chi connectivity index (χ0v) is 25.9. The van der Waals surface area contributed by atoms with Gasteiger partial charge in [-0.1, -0.05) is 121 Å². The van der Waals surface area contributed by atoms with E-state index in [2.05, 4.69) is 133 Å². The molecule has 0 saturated heterocycles. The Hall–Kier alpha value is -6.38. The van der Waals surface area contributed by atoms with E-state index >= 15 is 0 Å². The molecule has 0 radical (unpaired) electrons. The molecule has 0 aliphatic heterocycles. The molecule has 0 saturated carbocycles. The van der Waals surface area contributed by atoms with Gasteiger partial charge in [-0.3, -0.25) is 9.97 Å². The predicted molar refractivity (Wildman–Crippen MR) is 200 cm³/mol. The first-order valence-electron chi connectivity index (χ1n) is 16.5. The average Bonchev–Trinajstić information content (AvgIpc) is 3.66. The van der Waals surface area contributed by atoms with Gasteiger partial charge in [0.15, 0.2) is 0 Å². The summed E-state index contributed by atoms with van der Waals surface area (Å²) in [6, 6.07) is 53.0. The summed E-state index contributed by atoms with van der Waals surface area (Å²) in [5.74, 6) is 0. The Kier molecular flexibility index (Phi) is 5.14. The van der Waals surface area contributed by atoms with E-state index in [1.54, 1.807) is 0 Å². The van der Waals surface area contributed by atoms with Crippen LogP contribution in [0.4, 0.5) is 0 Å². The van der Waals surface area contributed by atoms with Crippen molar-refractivity contribution < 1.29 is 0 Å². The summed E-state index contributed by atoms with van der Waals surface area (Å²) in [5.41, 5.74) is 17.1. The predicted octanol–water partition coefficient (Wildman–Crippen LogP) is 12.2. The summed E-state index contributed by atoms with van der Waals surface area (Å²) in [6.07, 6.45) is 3.80. The van der Waals surface area contributed by atoms with Crippen LogP contribution >= 0.6 is 0 Å². The lowest BCUT2D eigenvalue weighted by molar-refractivity contribution is 1.33. The first kappa shape index (κ1) is 25.8. The lowest BCUT2D eigenvalue weighted by atomic mass is 9.85. The monoisotopic (exact) mass is 606 g/mol. The fraction of sp³-hybridized carbons (Fsp3) is 0. The molecule has 2 aliphatic rings. The van der Waals surface area contributed by atoms with Gasteiger partial charge in [-0.05, 0) is 101 Å². The minimum Gasteiger partial charge on any atom is -0.256 e. The molecule has 220 valence electrons. The van der Waals surface area contributed by atoms with Crippen LogP contribution in [-0.2, 0) is 0 Å². The maximum absolute atomic E-state index is 4.93. The highest BCUT2D eigenvalue weighted by atomic mass is 14.7. The Bertz CT molecular complexity index is 2690. The third-order valence-electron chi connectivity index (χ3n) is 10.5. The molecule has 2 nitrogen and oxygen atoms in total. The maximum atomic E-state index is 4.93. The van der Waals surface area contributed by atoms with Gasteiger partial charge in [0.25, 0.3) is 0 Å². The SMILES string of the molecule is c1ccc(-c2c3c(c(-c4ccccn4)c4ccccc24)-c2ccc(-c4ccc5c6c(cccc46)-c4ccccc4-5)c4cccc-3c24)nc1. The molecular formula is C46H26N2. The number of hydrogen-bond acceptors (Lipinski definition) is 2. The van der Waals surface area contributed by atoms with E-state index < -0.39 is 0 Å². The average molecular weight is 607 g/mol. The summed E-state index contributed by atoms with van der Waals surface area (Å²) in [4.78, 5) is 9.86. The molecule has 48 heavy (non-hydrogen) atoms. The van der Waals surface area contributed by atoms with E-state index in [1.165, 1.54) is 99.1 Å². The van der Waals surface area contributed by atoms with Crippen LogP contribution in [0.1, 0.15) is 0 Å². The molecule has 0 bridgehead atoms. The van der Waals surface area contributed by atoms with Crippen LogP contribution in [0, 0.1) is 0 Å². The van der Waals surface area contributed by atoms with Gasteiger partial charge in [0, 0.05) is 34.6 Å². The van der Waals surface area contributed by atoms with Crippen molar-refractivity contribution in [2.24, 2.45) is 0 Å². The second-order valence-corrected chi connectivity index (χ2v) is 12.8. The standard InChI is InChI=1S/C46H26N2/c1-2-12-28-27(11-1)31-15-9-16-32-29(21-23-36(28)41(31)32)30-22-24-38-42-33(30)17-10-18-37(42)45-43(39-19-5-7-25-47-39)34-13-3-4-14-35(34)44(46(38)45)40-20-6-8-26-48-40/h1-26H. The quantitative estimate of drug-likeness (QED) is 0.200. The molecular weight excluding hydrogens is 581 g/mol. The molecule has 0 spiro atoms. The molecule has 0 unspecified atom stereocenters. The molecule has 0 atom stereocenters. The molecule has 0 amide bonds. The lowest BCUT2D eigenvalue weighted by Crippen LogP contribution is -1.95. The molecule has 2 heteroatoms. The number of fused-ring (bicyclic) bond motifs is 7. The Morgan fingerprint density at radius 1 is 0.250 bits per heavy atom. The largest absolute Gasteiger partial charge is 0.256 e. The van der Waals surface area contributed by atoms with Crippen molar-refractivity contribution in [1.29, 1.82) is 0 Å². The number of benzene rings is 7. The second kappa shape index (κ2) is 9.57. The van der Waals surface area contributed by atoms with E-state index in [-0.39, 0.29) is 0 Å². The minimum atomic E-state index is 0.981. The van der Waals surface area contributed by atoms with Crippen molar-refractivity contribution in [3.05, 3.63) is 158 Å². The van der Waals surface area contributed by atoms with Crippen molar-refractivity contribution in [3.8, 4) is 78.1 Å². The molecule has 0 fully saturated rings. The molecule has 0 N–H and O–H groups in total. The summed E-state index contributed by atoms with van der Waals surface area (Å²) in [5, 5.41) is 7.58. The van der Waals surface area contributed by atoms with Crippen LogP contribution in [0.2, 0.25) is 0 Å². The van der Waals surface area contributed by atoms with Crippen LogP contribution in [0.15, 0.2) is 158 Å². The van der Waals surface area contributed by atoms with Crippen LogP contribution in [-0.4, -0.2) is 9.97 Å². The third kappa shape index (κ3) is 3.31. The summed E-state index contributed by atoms with van der Waals surface area (Å²) in [6.45, 7) is 0. The van der Waals surface area contributed by atoms with Crippen molar-refractivity contribution in [2.45, 2.75) is 0 Å². The minimum absolute atomic E-state index is 0.981. The topological polar surface area (TPSA) is 25.8 Å². The number of hydrogen-bond donors (Lipinski definition) is 0. The summed E-state index contributed by atoms with van der Waals surface area (Å²) in [7, 11) is 0. The maximum Gasteiger partial charge on any atom is 0.0714 e. The molecule has 2 aliphatic carbocycles. The van der Waals surface area contributed by atoms with E-state index in [0.717, 1.165) is 11.4 Å². The molecule has 9 aromatic rings. The lowest BCUT2D eigenvalue weighted by Gasteiger charge is -2.19.